The molecule has 5 unspecified atom stereocenters. The zero-order valence-electron chi connectivity index (χ0n) is 18.0. The fourth-order valence-corrected chi connectivity index (χ4v) is 6.10. The molecule has 0 spiro atoms. The van der Waals surface area contributed by atoms with E-state index in [2.05, 4.69) is 5.32 Å². The van der Waals surface area contributed by atoms with E-state index in [1.807, 2.05) is 62.4 Å². The molecule has 1 aliphatic heterocycles. The first-order valence-corrected chi connectivity index (χ1v) is 11.2. The molecule has 5 heteroatoms. The fourth-order valence-electron chi connectivity index (χ4n) is 6.10. The number of aryl methyl sites for hydroxylation is 2. The maximum atomic E-state index is 13.5. The molecule has 1 N–H and O–H groups in total. The number of benzene rings is 2. The molecule has 2 aliphatic carbocycles. The third-order valence-electron chi connectivity index (χ3n) is 7.58. The van der Waals surface area contributed by atoms with Crippen molar-refractivity contribution < 1.29 is 14.4 Å². The number of hydrogen-bond acceptors (Lipinski definition) is 3. The number of carbonyl (C=O) groups excluding carboxylic acids is 3. The maximum absolute atomic E-state index is 13.5. The number of nitrogens with zero attached hydrogens (tertiary/aromatic N) is 1. The lowest BCUT2D eigenvalue weighted by atomic mass is 9.81. The van der Waals surface area contributed by atoms with Crippen LogP contribution in [-0.2, 0) is 20.8 Å². The summed E-state index contributed by atoms with van der Waals surface area (Å²) in [5.41, 5.74) is 3.61. The number of imide groups is 1. The van der Waals surface area contributed by atoms with Gasteiger partial charge in [0.1, 0.15) is 6.04 Å². The minimum absolute atomic E-state index is 0.139. The van der Waals surface area contributed by atoms with Crippen LogP contribution in [0.3, 0.4) is 0 Å². The minimum Gasteiger partial charge on any atom is -0.324 e. The molecule has 1 heterocycles. The summed E-state index contributed by atoms with van der Waals surface area (Å²) in [7, 11) is 0. The molecule has 5 nitrogen and oxygen atoms in total. The quantitative estimate of drug-likeness (QED) is 0.752. The van der Waals surface area contributed by atoms with Crippen molar-refractivity contribution in [3.63, 3.8) is 0 Å². The molecule has 0 radical (unpaired) electrons. The van der Waals surface area contributed by atoms with Crippen molar-refractivity contribution >= 4 is 23.4 Å². The van der Waals surface area contributed by atoms with Gasteiger partial charge in [-0.3, -0.25) is 19.3 Å². The van der Waals surface area contributed by atoms with E-state index in [1.165, 1.54) is 4.90 Å². The molecule has 3 amide bonds. The lowest BCUT2D eigenvalue weighted by molar-refractivity contribution is -0.147. The van der Waals surface area contributed by atoms with Gasteiger partial charge in [0.15, 0.2) is 0 Å². The summed E-state index contributed by atoms with van der Waals surface area (Å²) in [6.07, 6.45) is 3.36. The Labute approximate surface area is 182 Å². The Balaban J connectivity index is 1.48. The monoisotopic (exact) mass is 416 g/mol. The molecule has 160 valence electrons. The molecule has 3 fully saturated rings. The van der Waals surface area contributed by atoms with E-state index >= 15 is 0 Å². The second-order valence-electron chi connectivity index (χ2n) is 9.39. The van der Waals surface area contributed by atoms with Gasteiger partial charge in [0, 0.05) is 12.1 Å². The topological polar surface area (TPSA) is 66.5 Å². The van der Waals surface area contributed by atoms with Crippen molar-refractivity contribution in [2.75, 3.05) is 5.32 Å². The largest absolute Gasteiger partial charge is 0.324 e. The van der Waals surface area contributed by atoms with Gasteiger partial charge in [-0.1, -0.05) is 48.5 Å². The molecule has 5 atom stereocenters. The Hall–Kier alpha value is -2.95. The van der Waals surface area contributed by atoms with Crippen LogP contribution in [0.5, 0.6) is 0 Å². The van der Waals surface area contributed by atoms with Crippen LogP contribution in [0.1, 0.15) is 36.0 Å². The van der Waals surface area contributed by atoms with Crippen LogP contribution < -0.4 is 5.32 Å². The molecule has 31 heavy (non-hydrogen) atoms. The maximum Gasteiger partial charge on any atom is 0.248 e. The third-order valence-corrected chi connectivity index (χ3v) is 7.58. The van der Waals surface area contributed by atoms with Crippen molar-refractivity contribution in [1.82, 2.24) is 4.90 Å². The number of carbonyl (C=O) groups is 3. The summed E-state index contributed by atoms with van der Waals surface area (Å²) < 4.78 is 0. The minimum atomic E-state index is -0.841. The van der Waals surface area contributed by atoms with Crippen LogP contribution in [0, 0.1) is 37.5 Å². The summed E-state index contributed by atoms with van der Waals surface area (Å²) in [5, 5.41) is 3.04. The van der Waals surface area contributed by atoms with Gasteiger partial charge in [0.05, 0.1) is 11.8 Å². The predicted octanol–water partition coefficient (Wildman–Crippen LogP) is 3.88. The summed E-state index contributed by atoms with van der Waals surface area (Å²) in [5.74, 6) is -0.420. The van der Waals surface area contributed by atoms with Crippen LogP contribution in [0.25, 0.3) is 0 Å². The Bertz CT molecular complexity index is 1000. The van der Waals surface area contributed by atoms with E-state index in [9.17, 15) is 14.4 Å². The zero-order chi connectivity index (χ0) is 21.7. The first-order chi connectivity index (χ1) is 15.0. The van der Waals surface area contributed by atoms with Gasteiger partial charge in [-0.15, -0.1) is 0 Å². The van der Waals surface area contributed by atoms with Crippen molar-refractivity contribution in [1.29, 1.82) is 0 Å². The Morgan fingerprint density at radius 3 is 2.10 bits per heavy atom. The molecular weight excluding hydrogens is 388 g/mol. The van der Waals surface area contributed by atoms with Crippen LogP contribution in [-0.4, -0.2) is 28.7 Å². The van der Waals surface area contributed by atoms with Crippen molar-refractivity contribution in [3.8, 4) is 0 Å². The average molecular weight is 417 g/mol. The first kappa shape index (κ1) is 20.0. The number of anilines is 1. The summed E-state index contributed by atoms with van der Waals surface area (Å²) in [4.78, 5) is 41.7. The molecule has 2 saturated carbocycles. The van der Waals surface area contributed by atoms with Crippen molar-refractivity contribution in [2.45, 2.75) is 45.6 Å². The number of rotatable bonds is 5. The first-order valence-electron chi connectivity index (χ1n) is 11.2. The molecule has 0 aromatic heterocycles. The summed E-state index contributed by atoms with van der Waals surface area (Å²) in [6.45, 7) is 3.89. The van der Waals surface area contributed by atoms with Gasteiger partial charge in [-0.25, -0.2) is 0 Å². The molecule has 2 aromatic carbocycles. The van der Waals surface area contributed by atoms with Crippen LogP contribution >= 0.6 is 0 Å². The standard InChI is InChI=1S/C26H28N2O3/c1-15-7-6-8-16(2)23(15)27-24(29)20(13-17-9-4-3-5-10-17)28-25(30)21-18-11-12-19(14-18)22(21)26(28)31/h3-10,18-22H,11-14H2,1-2H3,(H,27,29). The van der Waals surface area contributed by atoms with E-state index in [0.29, 0.717) is 18.3 Å². The van der Waals surface area contributed by atoms with Gasteiger partial charge in [0.25, 0.3) is 0 Å². The Morgan fingerprint density at radius 1 is 0.935 bits per heavy atom. The van der Waals surface area contributed by atoms with E-state index in [4.69, 9.17) is 0 Å². The lowest BCUT2D eigenvalue weighted by Gasteiger charge is -2.27. The van der Waals surface area contributed by atoms with Crippen LogP contribution in [0.4, 0.5) is 5.69 Å². The highest BCUT2D eigenvalue weighted by atomic mass is 16.2. The second-order valence-corrected chi connectivity index (χ2v) is 9.39. The van der Waals surface area contributed by atoms with Gasteiger partial charge in [-0.2, -0.15) is 0 Å². The fraction of sp³-hybridized carbons (Fsp3) is 0.423. The van der Waals surface area contributed by atoms with E-state index in [1.54, 1.807) is 0 Å². The number of fused-ring (bicyclic) bond motifs is 5. The van der Waals surface area contributed by atoms with Crippen LogP contribution in [0.2, 0.25) is 0 Å². The highest BCUT2D eigenvalue weighted by Crippen LogP contribution is 2.56. The number of likely N-dealkylation sites (tertiary alicyclic amines) is 1. The second kappa shape index (κ2) is 7.63. The van der Waals surface area contributed by atoms with E-state index < -0.39 is 6.04 Å². The predicted molar refractivity (Wildman–Crippen MR) is 118 cm³/mol. The summed E-state index contributed by atoms with van der Waals surface area (Å²) in [6, 6.07) is 14.6. The number of amides is 3. The number of para-hydroxylation sites is 1. The smallest absolute Gasteiger partial charge is 0.248 e. The normalized spacial score (nSPS) is 27.5. The molecule has 2 aromatic rings. The highest BCUT2D eigenvalue weighted by molar-refractivity contribution is 6.10. The van der Waals surface area contributed by atoms with E-state index in [0.717, 1.165) is 41.6 Å². The van der Waals surface area contributed by atoms with Gasteiger partial charge in [0.2, 0.25) is 17.7 Å². The van der Waals surface area contributed by atoms with Crippen molar-refractivity contribution in [3.05, 3.63) is 65.2 Å². The van der Waals surface area contributed by atoms with Crippen LogP contribution in [0.15, 0.2) is 48.5 Å². The third kappa shape index (κ3) is 3.27. The Morgan fingerprint density at radius 2 is 1.52 bits per heavy atom. The van der Waals surface area contributed by atoms with Gasteiger partial charge < -0.3 is 5.32 Å². The molecule has 5 rings (SSSR count). The van der Waals surface area contributed by atoms with Gasteiger partial charge in [-0.05, 0) is 61.6 Å². The van der Waals surface area contributed by atoms with Gasteiger partial charge >= 0.3 is 0 Å². The Kier molecular flexibility index (Phi) is 4.92. The van der Waals surface area contributed by atoms with E-state index in [-0.39, 0.29) is 29.6 Å². The number of nitrogens with one attached hydrogen (secondary N) is 1. The molecule has 2 bridgehead atoms. The van der Waals surface area contributed by atoms with Crippen molar-refractivity contribution in [2.24, 2.45) is 23.7 Å². The zero-order valence-corrected chi connectivity index (χ0v) is 18.0. The molecule has 1 saturated heterocycles. The lowest BCUT2D eigenvalue weighted by Crippen LogP contribution is -2.49. The SMILES string of the molecule is Cc1cccc(C)c1NC(=O)C(Cc1ccccc1)N1C(=O)C2C3CCC(C3)C2C1=O. The molecule has 3 aliphatic rings. The summed E-state index contributed by atoms with van der Waals surface area (Å²) >= 11 is 0. The molecular formula is C26H28N2O3. The average Bonchev–Trinajstić information content (AvgIpc) is 3.44. The highest BCUT2D eigenvalue weighted by Gasteiger charge is 2.62. The number of hydrogen-bond donors (Lipinski definition) is 1.